The predicted octanol–water partition coefficient (Wildman–Crippen LogP) is 3.91. The number of nitrogens with zero attached hydrogens (tertiary/aromatic N) is 2. The highest BCUT2D eigenvalue weighted by atomic mass is 35.5. The zero-order valence-corrected chi connectivity index (χ0v) is 10.4. The Hall–Kier alpha value is -1.06. The first-order valence-electron chi connectivity index (χ1n) is 5.01. The lowest BCUT2D eigenvalue weighted by molar-refractivity contribution is 1.17. The van der Waals surface area contributed by atoms with Gasteiger partial charge in [0.05, 0.1) is 5.69 Å². The van der Waals surface area contributed by atoms with E-state index < -0.39 is 0 Å². The highest BCUT2D eigenvalue weighted by molar-refractivity contribution is 7.99. The summed E-state index contributed by atoms with van der Waals surface area (Å²) in [7, 11) is 0. The maximum Gasteiger partial charge on any atom is 0.222 e. The van der Waals surface area contributed by atoms with E-state index in [1.54, 1.807) is 6.20 Å². The van der Waals surface area contributed by atoms with Crippen molar-refractivity contribution in [1.82, 2.24) is 9.97 Å². The van der Waals surface area contributed by atoms with Gasteiger partial charge in [0.25, 0.3) is 0 Å². The Morgan fingerprint density at radius 2 is 1.94 bits per heavy atom. The number of thioether (sulfide) groups is 1. The molecule has 0 unspecified atom stereocenters. The molecule has 0 saturated heterocycles. The normalized spacial score (nSPS) is 10.4. The molecule has 82 valence electrons. The Morgan fingerprint density at radius 3 is 2.56 bits per heavy atom. The van der Waals surface area contributed by atoms with E-state index in [0.717, 1.165) is 17.0 Å². The van der Waals surface area contributed by atoms with Crippen LogP contribution in [0.4, 0.5) is 0 Å². The average molecular weight is 251 g/mol. The zero-order valence-electron chi connectivity index (χ0n) is 8.85. The Morgan fingerprint density at radius 1 is 1.19 bits per heavy atom. The van der Waals surface area contributed by atoms with Crippen molar-refractivity contribution < 1.29 is 0 Å². The van der Waals surface area contributed by atoms with E-state index in [9.17, 15) is 0 Å². The minimum atomic E-state index is 0.282. The van der Waals surface area contributed by atoms with E-state index in [0.29, 0.717) is 0 Å². The molecule has 0 atom stereocenters. The van der Waals surface area contributed by atoms with Crippen LogP contribution in [-0.4, -0.2) is 15.7 Å². The molecule has 0 aliphatic rings. The number of halogens is 1. The van der Waals surface area contributed by atoms with Crippen LogP contribution in [0.3, 0.4) is 0 Å². The van der Waals surface area contributed by atoms with Gasteiger partial charge in [-0.05, 0) is 35.6 Å². The molecule has 0 bridgehead atoms. The first kappa shape index (κ1) is 11.4. The molecular formula is C12H11ClN2S. The molecule has 4 heteroatoms. The molecule has 0 saturated carbocycles. The van der Waals surface area contributed by atoms with Crippen molar-refractivity contribution in [3.8, 4) is 11.3 Å². The van der Waals surface area contributed by atoms with Gasteiger partial charge in [-0.25, -0.2) is 9.97 Å². The highest BCUT2D eigenvalue weighted by Crippen LogP contribution is 2.23. The Balaban J connectivity index is 2.27. The summed E-state index contributed by atoms with van der Waals surface area (Å²) in [5, 5.41) is 0.282. The third-order valence-electron chi connectivity index (χ3n) is 2.09. The lowest BCUT2D eigenvalue weighted by Crippen LogP contribution is -1.86. The van der Waals surface area contributed by atoms with Gasteiger partial charge in [0.2, 0.25) is 5.28 Å². The second-order valence-corrected chi connectivity index (χ2v) is 4.84. The predicted molar refractivity (Wildman–Crippen MR) is 68.9 cm³/mol. The SMILES string of the molecule is CCSc1ccc(-c2ccnc(Cl)n2)cc1. The van der Waals surface area contributed by atoms with Crippen LogP contribution >= 0.6 is 23.4 Å². The van der Waals surface area contributed by atoms with Gasteiger partial charge in [-0.1, -0.05) is 19.1 Å². The van der Waals surface area contributed by atoms with Gasteiger partial charge in [-0.3, -0.25) is 0 Å². The van der Waals surface area contributed by atoms with Crippen LogP contribution in [0.15, 0.2) is 41.4 Å². The second-order valence-electron chi connectivity index (χ2n) is 3.17. The number of hydrogen-bond donors (Lipinski definition) is 0. The van der Waals surface area contributed by atoms with Crippen LogP contribution in [0.5, 0.6) is 0 Å². The maximum absolute atomic E-state index is 5.75. The Kier molecular flexibility index (Phi) is 3.80. The van der Waals surface area contributed by atoms with Gasteiger partial charge in [-0.2, -0.15) is 0 Å². The summed E-state index contributed by atoms with van der Waals surface area (Å²) in [6.45, 7) is 2.14. The lowest BCUT2D eigenvalue weighted by atomic mass is 10.1. The zero-order chi connectivity index (χ0) is 11.4. The summed E-state index contributed by atoms with van der Waals surface area (Å²) in [6, 6.07) is 10.2. The molecule has 1 aromatic carbocycles. The molecular weight excluding hydrogens is 240 g/mol. The molecule has 2 aromatic rings. The molecule has 1 aromatic heterocycles. The lowest BCUT2D eigenvalue weighted by Gasteiger charge is -2.02. The van der Waals surface area contributed by atoms with E-state index >= 15 is 0 Å². The van der Waals surface area contributed by atoms with Crippen LogP contribution in [0.1, 0.15) is 6.92 Å². The monoisotopic (exact) mass is 250 g/mol. The Labute approximate surface area is 104 Å². The summed E-state index contributed by atoms with van der Waals surface area (Å²) in [5.74, 6) is 1.08. The highest BCUT2D eigenvalue weighted by Gasteiger charge is 2.00. The van der Waals surface area contributed by atoms with Crippen molar-refractivity contribution in [2.75, 3.05) is 5.75 Å². The standard InChI is InChI=1S/C12H11ClN2S/c1-2-16-10-5-3-9(4-6-10)11-7-8-14-12(13)15-11/h3-8H,2H2,1H3. The minimum Gasteiger partial charge on any atom is -0.226 e. The van der Waals surface area contributed by atoms with Crippen LogP contribution in [0, 0.1) is 0 Å². The van der Waals surface area contributed by atoms with E-state index in [-0.39, 0.29) is 5.28 Å². The third-order valence-corrected chi connectivity index (χ3v) is 3.16. The average Bonchev–Trinajstić information content (AvgIpc) is 2.30. The fourth-order valence-electron chi connectivity index (χ4n) is 1.38. The van der Waals surface area contributed by atoms with Gasteiger partial charge in [0.15, 0.2) is 0 Å². The number of aromatic nitrogens is 2. The van der Waals surface area contributed by atoms with Crippen molar-refractivity contribution >= 4 is 23.4 Å². The maximum atomic E-state index is 5.75. The van der Waals surface area contributed by atoms with Crippen molar-refractivity contribution in [3.63, 3.8) is 0 Å². The first-order valence-corrected chi connectivity index (χ1v) is 6.37. The smallest absolute Gasteiger partial charge is 0.222 e. The largest absolute Gasteiger partial charge is 0.226 e. The summed E-state index contributed by atoms with van der Waals surface area (Å²) in [5.41, 5.74) is 1.91. The van der Waals surface area contributed by atoms with E-state index in [4.69, 9.17) is 11.6 Å². The molecule has 0 spiro atoms. The van der Waals surface area contributed by atoms with Crippen molar-refractivity contribution in [3.05, 3.63) is 41.8 Å². The van der Waals surface area contributed by atoms with Crippen molar-refractivity contribution in [2.24, 2.45) is 0 Å². The van der Waals surface area contributed by atoms with Crippen LogP contribution in [0.2, 0.25) is 5.28 Å². The number of rotatable bonds is 3. The number of hydrogen-bond acceptors (Lipinski definition) is 3. The van der Waals surface area contributed by atoms with Crippen LogP contribution in [0.25, 0.3) is 11.3 Å². The molecule has 0 amide bonds. The Bertz CT molecular complexity index is 471. The van der Waals surface area contributed by atoms with Gasteiger partial charge in [-0.15, -0.1) is 11.8 Å². The van der Waals surface area contributed by atoms with Crippen LogP contribution < -0.4 is 0 Å². The molecule has 0 radical (unpaired) electrons. The molecule has 0 fully saturated rings. The summed E-state index contributed by atoms with van der Waals surface area (Å²) in [4.78, 5) is 9.30. The molecule has 2 nitrogen and oxygen atoms in total. The molecule has 16 heavy (non-hydrogen) atoms. The molecule has 0 aliphatic carbocycles. The van der Waals surface area contributed by atoms with Gasteiger partial charge < -0.3 is 0 Å². The van der Waals surface area contributed by atoms with Gasteiger partial charge >= 0.3 is 0 Å². The third kappa shape index (κ3) is 2.74. The van der Waals surface area contributed by atoms with Crippen LogP contribution in [-0.2, 0) is 0 Å². The summed E-state index contributed by atoms with van der Waals surface area (Å²) >= 11 is 7.57. The summed E-state index contributed by atoms with van der Waals surface area (Å²) < 4.78 is 0. The fourth-order valence-corrected chi connectivity index (χ4v) is 2.19. The van der Waals surface area contributed by atoms with Crippen molar-refractivity contribution in [2.45, 2.75) is 11.8 Å². The molecule has 2 rings (SSSR count). The van der Waals surface area contributed by atoms with Gasteiger partial charge in [0.1, 0.15) is 0 Å². The molecule has 0 aliphatic heterocycles. The number of benzene rings is 1. The molecule has 1 heterocycles. The first-order chi connectivity index (χ1) is 7.79. The van der Waals surface area contributed by atoms with E-state index in [1.165, 1.54) is 4.90 Å². The van der Waals surface area contributed by atoms with Crippen molar-refractivity contribution in [1.29, 1.82) is 0 Å². The summed E-state index contributed by atoms with van der Waals surface area (Å²) in [6.07, 6.45) is 1.67. The quantitative estimate of drug-likeness (QED) is 0.610. The topological polar surface area (TPSA) is 25.8 Å². The molecule has 0 N–H and O–H groups in total. The van der Waals surface area contributed by atoms with E-state index in [1.807, 2.05) is 17.8 Å². The second kappa shape index (κ2) is 5.32. The fraction of sp³-hybridized carbons (Fsp3) is 0.167. The van der Waals surface area contributed by atoms with Gasteiger partial charge in [0, 0.05) is 16.7 Å². The minimum absolute atomic E-state index is 0.282. The van der Waals surface area contributed by atoms with E-state index in [2.05, 4.69) is 41.2 Å².